The molecule has 2 aromatic carbocycles. The summed E-state index contributed by atoms with van der Waals surface area (Å²) in [6.45, 7) is 3.36. The molecule has 2 bridgehead atoms. The largest absolute Gasteiger partial charge is 0.427 e. The second-order valence-corrected chi connectivity index (χ2v) is 8.41. The summed E-state index contributed by atoms with van der Waals surface area (Å²) >= 11 is 0. The van der Waals surface area contributed by atoms with Gasteiger partial charge in [0.2, 0.25) is 0 Å². The summed E-state index contributed by atoms with van der Waals surface area (Å²) < 4.78 is 17.0. The quantitative estimate of drug-likeness (QED) is 0.561. The first-order chi connectivity index (χ1) is 14.6. The van der Waals surface area contributed by atoms with E-state index in [1.807, 2.05) is 41.3 Å². The van der Waals surface area contributed by atoms with Gasteiger partial charge in [-0.05, 0) is 60.6 Å². The Balaban J connectivity index is 1.48. The van der Waals surface area contributed by atoms with Gasteiger partial charge in [0.05, 0.1) is 6.61 Å². The molecule has 6 heteroatoms. The Morgan fingerprint density at radius 3 is 2.73 bits per heavy atom. The fourth-order valence-corrected chi connectivity index (χ4v) is 5.56. The third kappa shape index (κ3) is 3.16. The van der Waals surface area contributed by atoms with Gasteiger partial charge < -0.3 is 19.1 Å². The summed E-state index contributed by atoms with van der Waals surface area (Å²) in [6, 6.07) is 15.2. The van der Waals surface area contributed by atoms with Gasteiger partial charge in [-0.3, -0.25) is 4.79 Å². The zero-order valence-electron chi connectivity index (χ0n) is 17.0. The molecule has 3 atom stereocenters. The molecule has 1 amide bonds. The number of hydrogen-bond donors (Lipinski definition) is 0. The summed E-state index contributed by atoms with van der Waals surface area (Å²) in [4.78, 5) is 26.4. The highest BCUT2D eigenvalue weighted by atomic mass is 16.6. The average Bonchev–Trinajstić information content (AvgIpc) is 2.74. The Labute approximate surface area is 175 Å². The van der Waals surface area contributed by atoms with Crippen molar-refractivity contribution in [1.29, 1.82) is 0 Å². The van der Waals surface area contributed by atoms with Crippen LogP contribution in [-0.2, 0) is 21.4 Å². The third-order valence-corrected chi connectivity index (χ3v) is 6.80. The minimum absolute atomic E-state index is 0.0749. The van der Waals surface area contributed by atoms with Crippen molar-refractivity contribution in [2.75, 3.05) is 19.8 Å². The van der Waals surface area contributed by atoms with E-state index in [-0.39, 0.29) is 23.5 Å². The lowest BCUT2D eigenvalue weighted by Gasteiger charge is -2.58. The van der Waals surface area contributed by atoms with Crippen LogP contribution < -0.4 is 9.47 Å². The van der Waals surface area contributed by atoms with Crippen molar-refractivity contribution < 1.29 is 23.8 Å². The van der Waals surface area contributed by atoms with E-state index in [0.717, 1.165) is 19.3 Å². The van der Waals surface area contributed by atoms with E-state index >= 15 is 0 Å². The first kappa shape index (κ1) is 19.1. The number of para-hydroxylation sites is 1. The maximum absolute atomic E-state index is 13.0. The van der Waals surface area contributed by atoms with Crippen molar-refractivity contribution in [3.63, 3.8) is 0 Å². The highest BCUT2D eigenvalue weighted by molar-refractivity contribution is 5.72. The van der Waals surface area contributed by atoms with Gasteiger partial charge in [-0.1, -0.05) is 24.3 Å². The smallest absolute Gasteiger partial charge is 0.415 e. The number of fused-ring (bicyclic) bond motifs is 1. The minimum atomic E-state index is -0.323. The molecule has 0 saturated carbocycles. The Hall–Kier alpha value is -2.86. The van der Waals surface area contributed by atoms with Crippen LogP contribution in [0.2, 0.25) is 0 Å². The summed E-state index contributed by atoms with van der Waals surface area (Å²) in [5.41, 5.74) is 2.24. The fraction of sp³-hybridized carbons (Fsp3) is 0.417. The van der Waals surface area contributed by atoms with Gasteiger partial charge in [0.25, 0.3) is 0 Å². The standard InChI is InChI=1S/C24H25NO5/c1-16(26)29-19-8-7-17-13-22-20-9-12-28-15-24(20,21(17)14-19)10-11-25(22)23(27)30-18-5-3-2-4-6-18/h2-8,14,20,22H,9-13,15H2,1H3/t20-,22+,24-/m0/s1. The number of esters is 1. The number of amides is 1. The Bertz CT molecular complexity index is 975. The van der Waals surface area contributed by atoms with Gasteiger partial charge in [0, 0.05) is 31.5 Å². The van der Waals surface area contributed by atoms with E-state index in [1.54, 1.807) is 12.1 Å². The predicted octanol–water partition coefficient (Wildman–Crippen LogP) is 3.72. The first-order valence-electron chi connectivity index (χ1n) is 10.5. The number of hydrogen-bond acceptors (Lipinski definition) is 5. The molecular weight excluding hydrogens is 382 g/mol. The molecule has 0 N–H and O–H groups in total. The van der Waals surface area contributed by atoms with Crippen LogP contribution in [0.3, 0.4) is 0 Å². The Morgan fingerprint density at radius 1 is 1.10 bits per heavy atom. The van der Waals surface area contributed by atoms with E-state index in [0.29, 0.717) is 37.2 Å². The summed E-state index contributed by atoms with van der Waals surface area (Å²) in [5.74, 6) is 1.11. The number of carbonyl (C=O) groups is 2. The molecule has 2 aliphatic heterocycles. The van der Waals surface area contributed by atoms with Crippen LogP contribution in [0.4, 0.5) is 4.79 Å². The lowest BCUT2D eigenvalue weighted by atomic mass is 9.56. The highest BCUT2D eigenvalue weighted by Crippen LogP contribution is 2.53. The number of benzene rings is 2. The van der Waals surface area contributed by atoms with Crippen LogP contribution in [0.25, 0.3) is 0 Å². The van der Waals surface area contributed by atoms with E-state index in [2.05, 4.69) is 0 Å². The normalized spacial score (nSPS) is 26.9. The lowest BCUT2D eigenvalue weighted by Crippen LogP contribution is -2.64. The topological polar surface area (TPSA) is 65.1 Å². The summed E-state index contributed by atoms with van der Waals surface area (Å²) in [7, 11) is 0. The molecule has 5 rings (SSSR count). The lowest BCUT2D eigenvalue weighted by molar-refractivity contribution is -0.131. The predicted molar refractivity (Wildman–Crippen MR) is 110 cm³/mol. The first-order valence-corrected chi connectivity index (χ1v) is 10.5. The molecule has 1 aliphatic carbocycles. The number of likely N-dealkylation sites (tertiary alicyclic amines) is 1. The van der Waals surface area contributed by atoms with Gasteiger partial charge in [-0.15, -0.1) is 0 Å². The Morgan fingerprint density at radius 2 is 1.93 bits per heavy atom. The number of rotatable bonds is 2. The van der Waals surface area contributed by atoms with Gasteiger partial charge in [-0.2, -0.15) is 0 Å². The Kier molecular flexibility index (Phi) is 4.74. The minimum Gasteiger partial charge on any atom is -0.427 e. The van der Waals surface area contributed by atoms with E-state index in [9.17, 15) is 9.59 Å². The molecule has 6 nitrogen and oxygen atoms in total. The highest BCUT2D eigenvalue weighted by Gasteiger charge is 2.56. The van der Waals surface area contributed by atoms with E-state index < -0.39 is 0 Å². The molecule has 2 saturated heterocycles. The van der Waals surface area contributed by atoms with Crippen molar-refractivity contribution in [3.8, 4) is 11.5 Å². The van der Waals surface area contributed by atoms with Crippen LogP contribution >= 0.6 is 0 Å². The van der Waals surface area contributed by atoms with Crippen molar-refractivity contribution in [2.45, 2.75) is 37.6 Å². The van der Waals surface area contributed by atoms with Gasteiger partial charge >= 0.3 is 12.1 Å². The van der Waals surface area contributed by atoms with E-state index in [4.69, 9.17) is 14.2 Å². The molecule has 156 valence electrons. The van der Waals surface area contributed by atoms with Crippen molar-refractivity contribution in [1.82, 2.24) is 4.90 Å². The molecule has 3 aliphatic rings. The van der Waals surface area contributed by atoms with Crippen molar-refractivity contribution >= 4 is 12.1 Å². The van der Waals surface area contributed by atoms with Gasteiger partial charge in [0.1, 0.15) is 11.5 Å². The van der Waals surface area contributed by atoms with Crippen LogP contribution in [0.5, 0.6) is 11.5 Å². The molecule has 0 spiro atoms. The zero-order chi connectivity index (χ0) is 20.7. The monoisotopic (exact) mass is 407 g/mol. The number of nitrogens with zero attached hydrogens (tertiary/aromatic N) is 1. The molecule has 2 fully saturated rings. The molecule has 2 aromatic rings. The summed E-state index contributed by atoms with van der Waals surface area (Å²) in [6.07, 6.45) is 2.18. The molecule has 0 aromatic heterocycles. The number of ether oxygens (including phenoxy) is 3. The molecular formula is C24H25NO5. The second-order valence-electron chi connectivity index (χ2n) is 8.41. The van der Waals surface area contributed by atoms with Crippen LogP contribution in [0.1, 0.15) is 30.9 Å². The van der Waals surface area contributed by atoms with Crippen molar-refractivity contribution in [3.05, 3.63) is 59.7 Å². The maximum Gasteiger partial charge on any atom is 0.415 e. The second kappa shape index (κ2) is 7.43. The van der Waals surface area contributed by atoms with Crippen LogP contribution in [-0.4, -0.2) is 42.8 Å². The molecule has 0 radical (unpaired) electrons. The average molecular weight is 407 g/mol. The molecule has 0 unspecified atom stereocenters. The van der Waals surface area contributed by atoms with Gasteiger partial charge in [0.15, 0.2) is 0 Å². The third-order valence-electron chi connectivity index (χ3n) is 6.80. The van der Waals surface area contributed by atoms with Crippen LogP contribution in [0.15, 0.2) is 48.5 Å². The maximum atomic E-state index is 13.0. The SMILES string of the molecule is CC(=O)Oc1ccc2c(c1)[C@]13CCN(C(=O)Oc4ccccc4)[C@H](C2)[C@@H]1CCOC3. The van der Waals surface area contributed by atoms with Crippen molar-refractivity contribution in [2.24, 2.45) is 5.92 Å². The van der Waals surface area contributed by atoms with Crippen LogP contribution in [0, 0.1) is 5.92 Å². The summed E-state index contributed by atoms with van der Waals surface area (Å²) in [5, 5.41) is 0. The fourth-order valence-electron chi connectivity index (χ4n) is 5.56. The number of carbonyl (C=O) groups excluding carboxylic acids is 2. The molecule has 2 heterocycles. The van der Waals surface area contributed by atoms with Gasteiger partial charge in [-0.25, -0.2) is 4.79 Å². The number of piperidine rings is 1. The zero-order valence-corrected chi connectivity index (χ0v) is 17.0. The van der Waals surface area contributed by atoms with E-state index in [1.165, 1.54) is 18.1 Å². The molecule has 30 heavy (non-hydrogen) atoms.